The van der Waals surface area contributed by atoms with Crippen LogP contribution >= 0.6 is 0 Å². The van der Waals surface area contributed by atoms with Gasteiger partial charge in [-0.05, 0) is 62.8 Å². The van der Waals surface area contributed by atoms with Crippen molar-refractivity contribution in [2.75, 3.05) is 0 Å². The number of carboxylic acids is 2. The minimum Gasteiger partial charge on any atom is -0.481 e. The minimum absolute atomic E-state index is 0.0715. The van der Waals surface area contributed by atoms with Gasteiger partial charge in [-0.25, -0.2) is 0 Å². The Bertz CT molecular complexity index is 701. The average molecular weight is 405 g/mol. The Balaban J connectivity index is 1.93. The Morgan fingerprint density at radius 2 is 1.86 bits per heavy atom. The van der Waals surface area contributed by atoms with E-state index in [9.17, 15) is 24.9 Å². The van der Waals surface area contributed by atoms with Crippen LogP contribution in [0, 0.1) is 5.92 Å². The van der Waals surface area contributed by atoms with Crippen molar-refractivity contribution in [3.8, 4) is 0 Å². The summed E-state index contributed by atoms with van der Waals surface area (Å²) in [4.78, 5) is 22.2. The maximum absolute atomic E-state index is 11.2. The summed E-state index contributed by atoms with van der Waals surface area (Å²) in [5.41, 5.74) is -1.46. The highest BCUT2D eigenvalue weighted by Crippen LogP contribution is 2.36. The zero-order chi connectivity index (χ0) is 21.3. The van der Waals surface area contributed by atoms with Gasteiger partial charge in [0.15, 0.2) is 0 Å². The Hall–Kier alpha value is -2.18. The van der Waals surface area contributed by atoms with Crippen LogP contribution in [0.2, 0.25) is 0 Å². The van der Waals surface area contributed by atoms with Gasteiger partial charge < -0.3 is 20.4 Å². The van der Waals surface area contributed by atoms with E-state index in [-0.39, 0.29) is 18.8 Å². The van der Waals surface area contributed by atoms with Crippen molar-refractivity contribution in [2.24, 2.45) is 5.92 Å². The van der Waals surface area contributed by atoms with Crippen molar-refractivity contribution in [1.82, 2.24) is 0 Å². The van der Waals surface area contributed by atoms with E-state index in [1.54, 1.807) is 12.2 Å². The molecular weight excluding hydrogens is 372 g/mol. The van der Waals surface area contributed by atoms with E-state index in [1.165, 1.54) is 5.56 Å². The molecule has 0 aliphatic heterocycles. The normalized spacial score (nSPS) is 24.3. The van der Waals surface area contributed by atoms with Gasteiger partial charge in [0.25, 0.3) is 0 Å². The third kappa shape index (κ3) is 8.38. The van der Waals surface area contributed by atoms with E-state index >= 15 is 0 Å². The van der Waals surface area contributed by atoms with Gasteiger partial charge in [0, 0.05) is 0 Å². The summed E-state index contributed by atoms with van der Waals surface area (Å²) in [5.74, 6) is -2.16. The molecule has 0 heterocycles. The van der Waals surface area contributed by atoms with Gasteiger partial charge in [0.05, 0.1) is 24.0 Å². The molecule has 1 saturated carbocycles. The van der Waals surface area contributed by atoms with Crippen LogP contribution in [0.5, 0.6) is 0 Å². The number of carbonyl (C=O) groups is 2. The summed E-state index contributed by atoms with van der Waals surface area (Å²) in [6.07, 6.45) is 7.66. The lowest BCUT2D eigenvalue weighted by molar-refractivity contribution is -0.144. The summed E-state index contributed by atoms with van der Waals surface area (Å²) in [7, 11) is 0. The highest BCUT2D eigenvalue weighted by molar-refractivity contribution is 5.68. The molecule has 0 saturated heterocycles. The molecule has 1 aliphatic carbocycles. The Kier molecular flexibility index (Phi) is 8.41. The first-order chi connectivity index (χ1) is 13.7. The predicted molar refractivity (Wildman–Crippen MR) is 110 cm³/mol. The summed E-state index contributed by atoms with van der Waals surface area (Å²) >= 11 is 0. The van der Waals surface area contributed by atoms with Gasteiger partial charge in [-0.15, -0.1) is 0 Å². The second-order valence-corrected chi connectivity index (χ2v) is 8.38. The lowest BCUT2D eigenvalue weighted by Crippen LogP contribution is -2.37. The number of aliphatic carboxylic acids is 2. The molecule has 0 amide bonds. The molecule has 6 heteroatoms. The van der Waals surface area contributed by atoms with Crippen molar-refractivity contribution in [1.29, 1.82) is 0 Å². The lowest BCUT2D eigenvalue weighted by Gasteiger charge is -2.35. The van der Waals surface area contributed by atoms with Crippen molar-refractivity contribution in [2.45, 2.75) is 75.4 Å². The van der Waals surface area contributed by atoms with Gasteiger partial charge in [-0.2, -0.15) is 0 Å². The first kappa shape index (κ1) is 23.1. The molecule has 2 rings (SSSR count). The highest BCUT2D eigenvalue weighted by Gasteiger charge is 2.36. The zero-order valence-corrected chi connectivity index (χ0v) is 16.8. The highest BCUT2D eigenvalue weighted by atomic mass is 16.4. The monoisotopic (exact) mass is 404 g/mol. The summed E-state index contributed by atoms with van der Waals surface area (Å²) in [6, 6.07) is 10.0. The number of unbranched alkanes of at least 4 members (excludes halogenated alkanes) is 1. The molecule has 1 fully saturated rings. The second kappa shape index (κ2) is 10.6. The maximum Gasteiger partial charge on any atom is 0.306 e. The van der Waals surface area contributed by atoms with Crippen LogP contribution in [-0.4, -0.2) is 43.6 Å². The fraction of sp³-hybridized carbons (Fsp3) is 0.565. The quantitative estimate of drug-likeness (QED) is 0.331. The molecule has 4 N–H and O–H groups in total. The first-order valence-corrected chi connectivity index (χ1v) is 10.3. The fourth-order valence-electron chi connectivity index (χ4n) is 4.20. The van der Waals surface area contributed by atoms with Gasteiger partial charge in [-0.3, -0.25) is 9.59 Å². The topological polar surface area (TPSA) is 115 Å². The van der Waals surface area contributed by atoms with Crippen LogP contribution in [0.1, 0.15) is 63.4 Å². The number of benzene rings is 1. The fourth-order valence-corrected chi connectivity index (χ4v) is 4.20. The van der Waals surface area contributed by atoms with Crippen molar-refractivity contribution >= 4 is 11.9 Å². The molecule has 3 atom stereocenters. The van der Waals surface area contributed by atoms with E-state index in [2.05, 4.69) is 0 Å². The molecule has 1 aromatic carbocycles. The minimum atomic E-state index is -1.44. The van der Waals surface area contributed by atoms with Gasteiger partial charge >= 0.3 is 11.9 Å². The standard InChI is InChI=1S/C23H32O6/c24-20(25)16-22(28,12-5-4-9-18-7-2-1-3-8-18)14-11-19-10-6-13-23(29,15-19)17-21(26)27/h1-3,7-8,11,14,19,28-29H,4-6,9-10,12-13,15-17H2,(H,24,25)(H,26,27)/b14-11+/t19-,22?,23+/m1/s1. The van der Waals surface area contributed by atoms with Crippen LogP contribution in [0.25, 0.3) is 0 Å². The number of rotatable bonds is 11. The zero-order valence-electron chi connectivity index (χ0n) is 16.8. The van der Waals surface area contributed by atoms with Crippen molar-refractivity contribution in [3.63, 3.8) is 0 Å². The Morgan fingerprint density at radius 1 is 1.14 bits per heavy atom. The summed E-state index contributed by atoms with van der Waals surface area (Å²) in [5, 5.41) is 39.6. The largest absolute Gasteiger partial charge is 0.481 e. The van der Waals surface area contributed by atoms with Crippen LogP contribution in [0.3, 0.4) is 0 Å². The molecule has 1 aromatic rings. The van der Waals surface area contributed by atoms with Crippen molar-refractivity contribution in [3.05, 3.63) is 48.0 Å². The smallest absolute Gasteiger partial charge is 0.306 e. The summed E-state index contributed by atoms with van der Waals surface area (Å²) in [6.45, 7) is 0. The van der Waals surface area contributed by atoms with Crippen molar-refractivity contribution < 1.29 is 30.0 Å². The summed E-state index contributed by atoms with van der Waals surface area (Å²) < 4.78 is 0. The molecule has 0 radical (unpaired) electrons. The molecule has 0 spiro atoms. The number of hydrogen-bond acceptors (Lipinski definition) is 4. The van der Waals surface area contributed by atoms with E-state index in [0.29, 0.717) is 32.1 Å². The van der Waals surface area contributed by atoms with E-state index < -0.39 is 23.1 Å². The number of allylic oxidation sites excluding steroid dienone is 1. The molecule has 0 bridgehead atoms. The van der Waals surface area contributed by atoms with Crippen LogP contribution in [0.15, 0.2) is 42.5 Å². The molecule has 29 heavy (non-hydrogen) atoms. The molecule has 6 nitrogen and oxygen atoms in total. The Morgan fingerprint density at radius 3 is 2.52 bits per heavy atom. The SMILES string of the molecule is O=C(O)CC(O)(/C=C/[C@H]1CCC[C@@](O)(CC(=O)O)C1)CCCCc1ccccc1. The van der Waals surface area contributed by atoms with Gasteiger partial charge in [0.2, 0.25) is 0 Å². The molecule has 0 aromatic heterocycles. The third-order valence-corrected chi connectivity index (χ3v) is 5.64. The number of hydrogen-bond donors (Lipinski definition) is 4. The molecule has 1 unspecified atom stereocenters. The van der Waals surface area contributed by atoms with E-state index in [0.717, 1.165) is 19.3 Å². The molecular formula is C23H32O6. The molecule has 1 aliphatic rings. The second-order valence-electron chi connectivity index (χ2n) is 8.38. The van der Waals surface area contributed by atoms with E-state index in [1.807, 2.05) is 30.3 Å². The number of aliphatic hydroxyl groups is 2. The average Bonchev–Trinajstić information content (AvgIpc) is 2.63. The van der Waals surface area contributed by atoms with Gasteiger partial charge in [0.1, 0.15) is 0 Å². The van der Waals surface area contributed by atoms with Gasteiger partial charge in [-0.1, -0.05) is 42.5 Å². The number of carboxylic acid groups (broad SMARTS) is 2. The predicted octanol–water partition coefficient (Wildman–Crippen LogP) is 3.56. The van der Waals surface area contributed by atoms with E-state index in [4.69, 9.17) is 5.11 Å². The van der Waals surface area contributed by atoms with Crippen LogP contribution in [0.4, 0.5) is 0 Å². The Labute approximate surface area is 171 Å². The van der Waals surface area contributed by atoms with Crippen LogP contribution in [-0.2, 0) is 16.0 Å². The number of aryl methyl sites for hydroxylation is 1. The van der Waals surface area contributed by atoms with Crippen LogP contribution < -0.4 is 0 Å². The first-order valence-electron chi connectivity index (χ1n) is 10.3. The molecule has 160 valence electrons. The maximum atomic E-state index is 11.2. The third-order valence-electron chi connectivity index (χ3n) is 5.64. The lowest BCUT2D eigenvalue weighted by atomic mass is 9.75.